The number of amides is 1. The molecular formula is C15H20N2O3. The zero-order valence-electron chi connectivity index (χ0n) is 12.0. The number of carbonyl (C=O) groups excluding carboxylic acids is 2. The van der Waals surface area contributed by atoms with Crippen molar-refractivity contribution in [2.75, 3.05) is 13.1 Å². The number of carbonyl (C=O) groups is 2. The van der Waals surface area contributed by atoms with Gasteiger partial charge in [-0.05, 0) is 31.9 Å². The molecular weight excluding hydrogens is 256 g/mol. The molecule has 1 aliphatic heterocycles. The van der Waals surface area contributed by atoms with Gasteiger partial charge in [0.1, 0.15) is 6.10 Å². The summed E-state index contributed by atoms with van der Waals surface area (Å²) in [6.07, 6.45) is 5.23. The van der Waals surface area contributed by atoms with Gasteiger partial charge in [-0.3, -0.25) is 9.78 Å². The van der Waals surface area contributed by atoms with E-state index in [1.54, 1.807) is 12.3 Å². The Hall–Kier alpha value is -1.91. The molecule has 1 aromatic heterocycles. The second kappa shape index (κ2) is 6.50. The highest BCUT2D eigenvalue weighted by molar-refractivity contribution is 5.89. The van der Waals surface area contributed by atoms with Crippen LogP contribution in [0.2, 0.25) is 0 Å². The van der Waals surface area contributed by atoms with Crippen molar-refractivity contribution in [2.45, 2.75) is 39.2 Å². The molecule has 0 aliphatic carbocycles. The number of aryl methyl sites for hydroxylation is 1. The van der Waals surface area contributed by atoms with E-state index in [1.165, 1.54) is 6.20 Å². The molecule has 108 valence electrons. The van der Waals surface area contributed by atoms with E-state index in [0.29, 0.717) is 24.9 Å². The molecule has 0 N–H and O–H groups in total. The van der Waals surface area contributed by atoms with Gasteiger partial charge in [-0.1, -0.05) is 0 Å². The summed E-state index contributed by atoms with van der Waals surface area (Å²) in [7, 11) is 0. The van der Waals surface area contributed by atoms with Crippen LogP contribution in [0.5, 0.6) is 0 Å². The minimum atomic E-state index is -0.360. The minimum absolute atomic E-state index is 0.200. The van der Waals surface area contributed by atoms with Crippen LogP contribution in [0.1, 0.15) is 42.1 Å². The minimum Gasteiger partial charge on any atom is -0.459 e. The van der Waals surface area contributed by atoms with Gasteiger partial charge in [0.05, 0.1) is 5.56 Å². The lowest BCUT2D eigenvalue weighted by Crippen LogP contribution is -2.29. The maximum Gasteiger partial charge on any atom is 0.339 e. The maximum absolute atomic E-state index is 11.9. The monoisotopic (exact) mass is 276 g/mol. The van der Waals surface area contributed by atoms with Crippen molar-refractivity contribution in [3.05, 3.63) is 29.6 Å². The predicted molar refractivity (Wildman–Crippen MR) is 74.3 cm³/mol. The normalized spacial score (nSPS) is 16.3. The molecule has 0 aromatic carbocycles. The molecule has 1 aromatic rings. The van der Waals surface area contributed by atoms with E-state index in [2.05, 4.69) is 4.98 Å². The van der Waals surface area contributed by atoms with Gasteiger partial charge in [0.2, 0.25) is 5.91 Å². The Labute approximate surface area is 118 Å². The summed E-state index contributed by atoms with van der Waals surface area (Å²) >= 11 is 0. The molecule has 0 unspecified atom stereocenters. The van der Waals surface area contributed by atoms with Crippen LogP contribution < -0.4 is 0 Å². The third kappa shape index (κ3) is 3.79. The smallest absolute Gasteiger partial charge is 0.339 e. The summed E-state index contributed by atoms with van der Waals surface area (Å²) in [6, 6.07) is 1.76. The number of rotatable bonds is 5. The van der Waals surface area contributed by atoms with Crippen LogP contribution in [-0.4, -0.2) is 41.0 Å². The molecule has 0 bridgehead atoms. The van der Waals surface area contributed by atoms with Gasteiger partial charge in [-0.25, -0.2) is 4.79 Å². The van der Waals surface area contributed by atoms with Crippen molar-refractivity contribution in [1.29, 1.82) is 0 Å². The quantitative estimate of drug-likeness (QED) is 0.771. The van der Waals surface area contributed by atoms with Crippen LogP contribution >= 0.6 is 0 Å². The van der Waals surface area contributed by atoms with Gasteiger partial charge < -0.3 is 9.64 Å². The molecule has 2 rings (SSSR count). The van der Waals surface area contributed by atoms with Crippen molar-refractivity contribution in [3.8, 4) is 0 Å². The number of esters is 1. The average molecular weight is 276 g/mol. The van der Waals surface area contributed by atoms with Crippen molar-refractivity contribution < 1.29 is 14.3 Å². The van der Waals surface area contributed by atoms with Gasteiger partial charge in [0.15, 0.2) is 0 Å². The number of nitrogens with zero attached hydrogens (tertiary/aromatic N) is 2. The zero-order chi connectivity index (χ0) is 14.5. The molecule has 5 nitrogen and oxygen atoms in total. The molecule has 1 saturated heterocycles. The Morgan fingerprint density at radius 1 is 1.50 bits per heavy atom. The van der Waals surface area contributed by atoms with Crippen LogP contribution in [0.4, 0.5) is 0 Å². The molecule has 5 heteroatoms. The summed E-state index contributed by atoms with van der Waals surface area (Å²) in [5.41, 5.74) is 1.39. The predicted octanol–water partition coefficient (Wildman–Crippen LogP) is 1.95. The molecule has 1 atom stereocenters. The van der Waals surface area contributed by atoms with E-state index in [-0.39, 0.29) is 18.0 Å². The summed E-state index contributed by atoms with van der Waals surface area (Å²) in [5, 5.41) is 0. The molecule has 1 aliphatic rings. The fourth-order valence-electron chi connectivity index (χ4n) is 2.25. The highest BCUT2D eigenvalue weighted by Crippen LogP contribution is 2.12. The number of likely N-dealkylation sites (tertiary alicyclic amines) is 1. The third-order valence-electron chi connectivity index (χ3n) is 3.40. The molecule has 1 amide bonds. The van der Waals surface area contributed by atoms with Crippen LogP contribution in [0.25, 0.3) is 0 Å². The highest BCUT2D eigenvalue weighted by atomic mass is 16.5. The van der Waals surface area contributed by atoms with Gasteiger partial charge in [0, 0.05) is 38.3 Å². The first kappa shape index (κ1) is 14.5. The second-order valence-electron chi connectivity index (χ2n) is 5.24. The van der Waals surface area contributed by atoms with E-state index in [1.807, 2.05) is 18.7 Å². The first-order valence-corrected chi connectivity index (χ1v) is 6.96. The van der Waals surface area contributed by atoms with Gasteiger partial charge in [0.25, 0.3) is 0 Å². The number of hydrogen-bond acceptors (Lipinski definition) is 4. The van der Waals surface area contributed by atoms with Crippen LogP contribution in [0, 0.1) is 6.92 Å². The van der Waals surface area contributed by atoms with Crippen molar-refractivity contribution in [3.63, 3.8) is 0 Å². The summed E-state index contributed by atoms with van der Waals surface area (Å²) < 4.78 is 5.37. The lowest BCUT2D eigenvalue weighted by atomic mass is 10.2. The molecule has 20 heavy (non-hydrogen) atoms. The Morgan fingerprint density at radius 3 is 2.95 bits per heavy atom. The fourth-order valence-corrected chi connectivity index (χ4v) is 2.25. The summed E-state index contributed by atoms with van der Waals surface area (Å²) in [5.74, 6) is -0.159. The average Bonchev–Trinajstić information content (AvgIpc) is 2.82. The van der Waals surface area contributed by atoms with E-state index >= 15 is 0 Å². The molecule has 0 spiro atoms. The molecule has 0 radical (unpaired) electrons. The Bertz CT molecular complexity index is 502. The number of hydrogen-bond donors (Lipinski definition) is 0. The maximum atomic E-state index is 11.9. The summed E-state index contributed by atoms with van der Waals surface area (Å²) in [6.45, 7) is 5.20. The Morgan fingerprint density at radius 2 is 2.30 bits per heavy atom. The van der Waals surface area contributed by atoms with Gasteiger partial charge >= 0.3 is 5.97 Å². The van der Waals surface area contributed by atoms with Crippen molar-refractivity contribution in [2.24, 2.45) is 0 Å². The van der Waals surface area contributed by atoms with Crippen LogP contribution in [0.15, 0.2) is 18.5 Å². The Kier molecular flexibility index (Phi) is 4.71. The van der Waals surface area contributed by atoms with Gasteiger partial charge in [-0.15, -0.1) is 0 Å². The van der Waals surface area contributed by atoms with E-state index in [0.717, 1.165) is 18.5 Å². The fraction of sp³-hybridized carbons (Fsp3) is 0.533. The number of aromatic nitrogens is 1. The number of pyridine rings is 1. The third-order valence-corrected chi connectivity index (χ3v) is 3.40. The molecule has 1 fully saturated rings. The summed E-state index contributed by atoms with van der Waals surface area (Å²) in [4.78, 5) is 29.2. The number of ether oxygens (including phenoxy) is 1. The van der Waals surface area contributed by atoms with Crippen LogP contribution in [-0.2, 0) is 9.53 Å². The highest BCUT2D eigenvalue weighted by Gasteiger charge is 2.21. The topological polar surface area (TPSA) is 59.5 Å². The largest absolute Gasteiger partial charge is 0.459 e. The van der Waals surface area contributed by atoms with E-state index in [9.17, 15) is 9.59 Å². The first-order valence-electron chi connectivity index (χ1n) is 6.96. The second-order valence-corrected chi connectivity index (χ2v) is 5.24. The lowest BCUT2D eigenvalue weighted by molar-refractivity contribution is -0.127. The van der Waals surface area contributed by atoms with Crippen molar-refractivity contribution in [1.82, 2.24) is 9.88 Å². The van der Waals surface area contributed by atoms with E-state index < -0.39 is 0 Å². The van der Waals surface area contributed by atoms with Crippen molar-refractivity contribution >= 4 is 11.9 Å². The van der Waals surface area contributed by atoms with Gasteiger partial charge in [-0.2, -0.15) is 0 Å². The van der Waals surface area contributed by atoms with Crippen LogP contribution in [0.3, 0.4) is 0 Å². The van der Waals surface area contributed by atoms with E-state index in [4.69, 9.17) is 4.74 Å². The zero-order valence-corrected chi connectivity index (χ0v) is 12.0. The lowest BCUT2D eigenvalue weighted by Gasteiger charge is -2.19. The molecule has 0 saturated carbocycles. The first-order chi connectivity index (χ1) is 9.56. The SMILES string of the molecule is Cc1cncc(C(=O)O[C@H](C)CCN2CCCC2=O)c1. The standard InChI is InChI=1S/C15H20N2O3/c1-11-8-13(10-16-9-11)15(19)20-12(2)5-7-17-6-3-4-14(17)18/h8-10,12H,3-7H2,1-2H3/t12-/m1/s1. The molecule has 2 heterocycles. The Balaban J connectivity index is 1.80.